The number of ether oxygens (including phenoxy) is 2. The van der Waals surface area contributed by atoms with Gasteiger partial charge in [0.2, 0.25) is 0 Å². The molecule has 0 aromatic heterocycles. The summed E-state index contributed by atoms with van der Waals surface area (Å²) >= 11 is 0. The van der Waals surface area contributed by atoms with E-state index < -0.39 is 5.97 Å². The van der Waals surface area contributed by atoms with Gasteiger partial charge in [-0.05, 0) is 56.2 Å². The van der Waals surface area contributed by atoms with Crippen LogP contribution in [-0.4, -0.2) is 30.3 Å². The highest BCUT2D eigenvalue weighted by molar-refractivity contribution is 5.80. The maximum absolute atomic E-state index is 11.0. The molecule has 1 saturated heterocycles. The van der Waals surface area contributed by atoms with Gasteiger partial charge in [-0.25, -0.2) is 4.79 Å². The third-order valence-electron chi connectivity index (χ3n) is 5.25. The largest absolute Gasteiger partial charge is 0.493 e. The van der Waals surface area contributed by atoms with Gasteiger partial charge >= 0.3 is 5.97 Å². The standard InChI is InChI=1S/C20H27NO4/c1-3-17-16(11-14(21-17)12-20(22)23)13-8-9-18(24-2)19(10-13)25-15-6-4-5-7-15/h8-10,12,15-17,21H,3-7,11H2,1-2H3,(H,22,23). The Morgan fingerprint density at radius 1 is 1.32 bits per heavy atom. The second kappa shape index (κ2) is 7.81. The highest BCUT2D eigenvalue weighted by Crippen LogP contribution is 2.39. The van der Waals surface area contributed by atoms with Gasteiger partial charge in [0.1, 0.15) is 0 Å². The van der Waals surface area contributed by atoms with Crippen molar-refractivity contribution in [1.82, 2.24) is 5.32 Å². The zero-order valence-electron chi connectivity index (χ0n) is 15.0. The molecule has 2 N–H and O–H groups in total. The summed E-state index contributed by atoms with van der Waals surface area (Å²) in [6.07, 6.45) is 7.84. The number of carboxylic acids is 1. The molecule has 1 aromatic rings. The molecular formula is C20H27NO4. The molecule has 1 saturated carbocycles. The zero-order chi connectivity index (χ0) is 17.8. The Morgan fingerprint density at radius 2 is 2.08 bits per heavy atom. The summed E-state index contributed by atoms with van der Waals surface area (Å²) in [6.45, 7) is 2.12. The molecule has 25 heavy (non-hydrogen) atoms. The van der Waals surface area contributed by atoms with Crippen molar-refractivity contribution in [3.8, 4) is 11.5 Å². The van der Waals surface area contributed by atoms with Crippen molar-refractivity contribution in [1.29, 1.82) is 0 Å². The van der Waals surface area contributed by atoms with Crippen molar-refractivity contribution in [3.05, 3.63) is 35.5 Å². The molecule has 2 unspecified atom stereocenters. The molecule has 1 aliphatic carbocycles. The monoisotopic (exact) mass is 345 g/mol. The molecule has 3 rings (SSSR count). The summed E-state index contributed by atoms with van der Waals surface area (Å²) in [6, 6.07) is 6.35. The second-order valence-corrected chi connectivity index (χ2v) is 6.91. The molecule has 5 heteroatoms. The maximum atomic E-state index is 11.0. The Hall–Kier alpha value is -2.17. The van der Waals surface area contributed by atoms with Crippen LogP contribution in [0.15, 0.2) is 30.0 Å². The Bertz CT molecular complexity index is 649. The number of nitrogens with one attached hydrogen (secondary N) is 1. The molecule has 1 aliphatic heterocycles. The van der Waals surface area contributed by atoms with Crippen LogP contribution in [-0.2, 0) is 4.79 Å². The Balaban J connectivity index is 1.84. The van der Waals surface area contributed by atoms with Crippen molar-refractivity contribution in [2.24, 2.45) is 0 Å². The van der Waals surface area contributed by atoms with Gasteiger partial charge in [0, 0.05) is 23.7 Å². The summed E-state index contributed by atoms with van der Waals surface area (Å²) < 4.78 is 11.7. The van der Waals surface area contributed by atoms with Crippen LogP contribution in [0, 0.1) is 0 Å². The second-order valence-electron chi connectivity index (χ2n) is 6.91. The van der Waals surface area contributed by atoms with Crippen LogP contribution in [0.3, 0.4) is 0 Å². The van der Waals surface area contributed by atoms with Crippen LogP contribution in [0.2, 0.25) is 0 Å². The lowest BCUT2D eigenvalue weighted by Gasteiger charge is -2.21. The predicted molar refractivity (Wildman–Crippen MR) is 96.2 cm³/mol. The Morgan fingerprint density at radius 3 is 2.72 bits per heavy atom. The van der Waals surface area contributed by atoms with E-state index in [9.17, 15) is 4.79 Å². The van der Waals surface area contributed by atoms with Gasteiger partial charge in [0.05, 0.1) is 13.2 Å². The van der Waals surface area contributed by atoms with E-state index >= 15 is 0 Å². The molecule has 136 valence electrons. The van der Waals surface area contributed by atoms with Crippen LogP contribution < -0.4 is 14.8 Å². The van der Waals surface area contributed by atoms with Crippen molar-refractivity contribution < 1.29 is 19.4 Å². The minimum Gasteiger partial charge on any atom is -0.493 e. The lowest BCUT2D eigenvalue weighted by Crippen LogP contribution is -2.24. The normalized spacial score (nSPS) is 25.1. The topological polar surface area (TPSA) is 67.8 Å². The molecule has 1 heterocycles. The molecule has 2 atom stereocenters. The average molecular weight is 345 g/mol. The number of carboxylic acid groups (broad SMARTS) is 1. The number of carbonyl (C=O) groups is 1. The van der Waals surface area contributed by atoms with Gasteiger partial charge < -0.3 is 19.9 Å². The van der Waals surface area contributed by atoms with Gasteiger partial charge in [-0.2, -0.15) is 0 Å². The average Bonchev–Trinajstić information content (AvgIpc) is 3.23. The summed E-state index contributed by atoms with van der Waals surface area (Å²) in [5, 5.41) is 12.4. The highest BCUT2D eigenvalue weighted by atomic mass is 16.5. The van der Waals surface area contributed by atoms with Gasteiger partial charge in [-0.3, -0.25) is 0 Å². The van der Waals surface area contributed by atoms with E-state index in [0.29, 0.717) is 6.42 Å². The van der Waals surface area contributed by atoms with Crippen molar-refractivity contribution in [2.75, 3.05) is 7.11 Å². The lowest BCUT2D eigenvalue weighted by atomic mass is 9.90. The van der Waals surface area contributed by atoms with E-state index in [1.165, 1.54) is 24.5 Å². The number of hydrogen-bond donors (Lipinski definition) is 2. The predicted octanol–water partition coefficient (Wildman–Crippen LogP) is 3.84. The first kappa shape index (κ1) is 17.6. The first-order valence-corrected chi connectivity index (χ1v) is 9.15. The van der Waals surface area contributed by atoms with E-state index in [1.807, 2.05) is 6.07 Å². The molecule has 0 amide bonds. The molecule has 0 bridgehead atoms. The van der Waals surface area contributed by atoms with Gasteiger partial charge in [0.25, 0.3) is 0 Å². The number of aliphatic carboxylic acids is 1. The molecule has 2 aliphatic rings. The third kappa shape index (κ3) is 4.09. The quantitative estimate of drug-likeness (QED) is 0.767. The highest BCUT2D eigenvalue weighted by Gasteiger charge is 2.31. The fourth-order valence-electron chi connectivity index (χ4n) is 3.97. The van der Waals surface area contributed by atoms with E-state index in [-0.39, 0.29) is 18.1 Å². The first-order chi connectivity index (χ1) is 12.1. The number of methoxy groups -OCH3 is 1. The molecular weight excluding hydrogens is 318 g/mol. The fraction of sp³-hybridized carbons (Fsp3) is 0.550. The van der Waals surface area contributed by atoms with Gasteiger partial charge in [0.15, 0.2) is 11.5 Å². The minimum atomic E-state index is -0.905. The SMILES string of the molecule is CCC1NC(=CC(=O)O)CC1c1ccc(OC)c(OC2CCCC2)c1. The fourth-order valence-corrected chi connectivity index (χ4v) is 3.97. The van der Waals surface area contributed by atoms with Crippen LogP contribution in [0.1, 0.15) is 56.9 Å². The van der Waals surface area contributed by atoms with E-state index in [2.05, 4.69) is 24.4 Å². The number of hydrogen-bond acceptors (Lipinski definition) is 4. The van der Waals surface area contributed by atoms with E-state index in [0.717, 1.165) is 36.5 Å². The van der Waals surface area contributed by atoms with Crippen LogP contribution in [0.4, 0.5) is 0 Å². The first-order valence-electron chi connectivity index (χ1n) is 9.15. The number of benzene rings is 1. The molecule has 2 fully saturated rings. The Kier molecular flexibility index (Phi) is 5.51. The summed E-state index contributed by atoms with van der Waals surface area (Å²) in [5.41, 5.74) is 1.96. The summed E-state index contributed by atoms with van der Waals surface area (Å²) in [5.74, 6) is 0.902. The smallest absolute Gasteiger partial charge is 0.330 e. The maximum Gasteiger partial charge on any atom is 0.330 e. The van der Waals surface area contributed by atoms with Gasteiger partial charge in [-0.15, -0.1) is 0 Å². The van der Waals surface area contributed by atoms with Crippen LogP contribution in [0.25, 0.3) is 0 Å². The lowest BCUT2D eigenvalue weighted by molar-refractivity contribution is -0.131. The van der Waals surface area contributed by atoms with Crippen LogP contribution >= 0.6 is 0 Å². The van der Waals surface area contributed by atoms with Crippen molar-refractivity contribution in [2.45, 2.75) is 63.5 Å². The van der Waals surface area contributed by atoms with Crippen molar-refractivity contribution in [3.63, 3.8) is 0 Å². The number of allylic oxidation sites excluding steroid dienone is 1. The third-order valence-corrected chi connectivity index (χ3v) is 5.25. The Labute approximate surface area is 149 Å². The minimum absolute atomic E-state index is 0.235. The van der Waals surface area contributed by atoms with Gasteiger partial charge in [-0.1, -0.05) is 13.0 Å². The summed E-state index contributed by atoms with van der Waals surface area (Å²) in [4.78, 5) is 11.0. The van der Waals surface area contributed by atoms with E-state index in [4.69, 9.17) is 14.6 Å². The number of rotatable bonds is 6. The molecule has 0 spiro atoms. The van der Waals surface area contributed by atoms with E-state index in [1.54, 1.807) is 7.11 Å². The molecule has 1 aromatic carbocycles. The molecule has 5 nitrogen and oxygen atoms in total. The van der Waals surface area contributed by atoms with Crippen LogP contribution in [0.5, 0.6) is 11.5 Å². The van der Waals surface area contributed by atoms with Crippen molar-refractivity contribution >= 4 is 5.97 Å². The molecule has 0 radical (unpaired) electrons. The summed E-state index contributed by atoms with van der Waals surface area (Å²) in [7, 11) is 1.66. The zero-order valence-corrected chi connectivity index (χ0v) is 15.0.